The van der Waals surface area contributed by atoms with E-state index in [0.717, 1.165) is 6.07 Å². The fraction of sp³-hybridized carbons (Fsp3) is 0.333. The molecule has 18 heavy (non-hydrogen) atoms. The Morgan fingerprint density at radius 2 is 1.94 bits per heavy atom. The highest BCUT2D eigenvalue weighted by Gasteiger charge is 2.29. The van der Waals surface area contributed by atoms with Crippen molar-refractivity contribution in [1.29, 1.82) is 0 Å². The molecule has 1 aromatic rings. The molecule has 0 saturated heterocycles. The lowest BCUT2D eigenvalue weighted by atomic mass is 10.3. The topological polar surface area (TPSA) is 60.2 Å². The van der Waals surface area contributed by atoms with Crippen LogP contribution in [0.5, 0.6) is 0 Å². The van der Waals surface area contributed by atoms with Gasteiger partial charge in [-0.05, 0) is 30.0 Å². The highest BCUT2D eigenvalue weighted by molar-refractivity contribution is 8.01. The predicted molar refractivity (Wildman–Crippen MR) is 66.4 cm³/mol. The second kappa shape index (κ2) is 5.58. The normalized spacial score (nSPS) is 12.7. The summed E-state index contributed by atoms with van der Waals surface area (Å²) in [5.74, 6) is -1.18. The van der Waals surface area contributed by atoms with Gasteiger partial charge >= 0.3 is 5.51 Å². The van der Waals surface area contributed by atoms with Crippen LogP contribution in [0.3, 0.4) is 0 Å². The van der Waals surface area contributed by atoms with Crippen LogP contribution >= 0.6 is 23.4 Å². The van der Waals surface area contributed by atoms with Gasteiger partial charge in [-0.25, -0.2) is 8.42 Å². The maximum absolute atomic E-state index is 11.9. The van der Waals surface area contributed by atoms with Gasteiger partial charge < -0.3 is 5.73 Å². The van der Waals surface area contributed by atoms with E-state index in [1.165, 1.54) is 12.1 Å². The number of thioether (sulfide) groups is 1. The van der Waals surface area contributed by atoms with Crippen molar-refractivity contribution in [3.8, 4) is 0 Å². The van der Waals surface area contributed by atoms with Crippen molar-refractivity contribution in [3.05, 3.63) is 23.2 Å². The Morgan fingerprint density at radius 1 is 1.33 bits per heavy atom. The summed E-state index contributed by atoms with van der Waals surface area (Å²) in [6.07, 6.45) is 0. The molecule has 0 heterocycles. The molecule has 0 aliphatic carbocycles. The van der Waals surface area contributed by atoms with E-state index in [2.05, 4.69) is 0 Å². The summed E-state index contributed by atoms with van der Waals surface area (Å²) < 4.78 is 59.0. The van der Waals surface area contributed by atoms with Crippen LogP contribution in [0.1, 0.15) is 0 Å². The van der Waals surface area contributed by atoms with E-state index < -0.39 is 26.9 Å². The van der Waals surface area contributed by atoms with Gasteiger partial charge in [-0.15, -0.1) is 0 Å². The van der Waals surface area contributed by atoms with Crippen LogP contribution in [-0.4, -0.2) is 25.4 Å². The number of nitrogens with two attached hydrogens (primary N) is 1. The maximum atomic E-state index is 11.9. The van der Waals surface area contributed by atoms with Crippen LogP contribution < -0.4 is 5.73 Å². The summed E-state index contributed by atoms with van der Waals surface area (Å²) in [5.41, 5.74) is 1.18. The fourth-order valence-corrected chi connectivity index (χ4v) is 3.58. The molecular weight excluding hydrogens is 311 g/mol. The number of anilines is 1. The number of hydrogen-bond donors (Lipinski definition) is 1. The first-order valence-electron chi connectivity index (χ1n) is 4.60. The number of halogens is 4. The molecular formula is C9H9ClF3NO2S2. The molecule has 0 fully saturated rings. The number of sulfone groups is 1. The summed E-state index contributed by atoms with van der Waals surface area (Å²) in [7, 11) is -3.78. The van der Waals surface area contributed by atoms with Gasteiger partial charge in [-0.2, -0.15) is 13.2 Å². The van der Waals surface area contributed by atoms with Gasteiger partial charge in [0.1, 0.15) is 0 Å². The largest absolute Gasteiger partial charge is 0.441 e. The highest BCUT2D eigenvalue weighted by atomic mass is 35.5. The third kappa shape index (κ3) is 4.58. The molecule has 0 aromatic heterocycles. The van der Waals surface area contributed by atoms with E-state index in [-0.39, 0.29) is 27.4 Å². The average molecular weight is 320 g/mol. The molecule has 1 rings (SSSR count). The monoisotopic (exact) mass is 319 g/mol. The Kier molecular flexibility index (Phi) is 4.79. The summed E-state index contributed by atoms with van der Waals surface area (Å²) in [6, 6.07) is 3.64. The quantitative estimate of drug-likeness (QED) is 0.867. The van der Waals surface area contributed by atoms with Gasteiger partial charge in [0.25, 0.3) is 0 Å². The average Bonchev–Trinajstić information content (AvgIpc) is 2.19. The Bertz CT molecular complexity index is 531. The molecule has 0 unspecified atom stereocenters. The summed E-state index contributed by atoms with van der Waals surface area (Å²) in [5, 5.41) is 0.0551. The molecule has 1 aromatic carbocycles. The first-order valence-corrected chi connectivity index (χ1v) is 7.62. The van der Waals surface area contributed by atoms with Crippen molar-refractivity contribution in [2.24, 2.45) is 0 Å². The molecule has 0 radical (unpaired) electrons. The van der Waals surface area contributed by atoms with Crippen molar-refractivity contribution < 1.29 is 21.6 Å². The molecule has 9 heteroatoms. The number of nitrogen functional groups attached to an aromatic ring is 1. The van der Waals surface area contributed by atoms with Crippen LogP contribution in [0.4, 0.5) is 18.9 Å². The fourth-order valence-electron chi connectivity index (χ4n) is 1.09. The van der Waals surface area contributed by atoms with Gasteiger partial charge in [0.2, 0.25) is 0 Å². The summed E-state index contributed by atoms with van der Waals surface area (Å²) in [4.78, 5) is -0.135. The Balaban J connectivity index is 2.77. The molecule has 0 amide bonds. The number of hydrogen-bond acceptors (Lipinski definition) is 4. The standard InChI is InChI=1S/C9H9ClF3NO2S2/c10-7-5-6(1-2-8(7)14)18(15,16)4-3-17-9(11,12)13/h1-2,5H,3-4,14H2. The Hall–Kier alpha value is -0.600. The van der Waals surface area contributed by atoms with E-state index in [1.54, 1.807) is 0 Å². The third-order valence-corrected chi connectivity index (χ3v) is 4.98. The van der Waals surface area contributed by atoms with Gasteiger partial charge in [0.15, 0.2) is 9.84 Å². The lowest BCUT2D eigenvalue weighted by molar-refractivity contribution is -0.0326. The van der Waals surface area contributed by atoms with Crippen molar-refractivity contribution in [1.82, 2.24) is 0 Å². The maximum Gasteiger partial charge on any atom is 0.441 e. The molecule has 3 nitrogen and oxygen atoms in total. The van der Waals surface area contributed by atoms with E-state index in [0.29, 0.717) is 0 Å². The number of benzene rings is 1. The first-order chi connectivity index (χ1) is 8.12. The minimum atomic E-state index is -4.44. The highest BCUT2D eigenvalue weighted by Crippen LogP contribution is 2.31. The molecule has 2 N–H and O–H groups in total. The zero-order valence-electron chi connectivity index (χ0n) is 8.87. The smallest absolute Gasteiger partial charge is 0.398 e. The van der Waals surface area contributed by atoms with E-state index in [1.807, 2.05) is 0 Å². The first kappa shape index (κ1) is 15.5. The van der Waals surface area contributed by atoms with Crippen molar-refractivity contribution >= 4 is 38.9 Å². The molecule has 0 atom stereocenters. The number of alkyl halides is 3. The van der Waals surface area contributed by atoms with E-state index in [9.17, 15) is 21.6 Å². The van der Waals surface area contributed by atoms with Crippen LogP contribution in [0.15, 0.2) is 23.1 Å². The third-order valence-electron chi connectivity index (χ3n) is 1.95. The van der Waals surface area contributed by atoms with Crippen molar-refractivity contribution in [2.45, 2.75) is 10.4 Å². The predicted octanol–water partition coefficient (Wildman–Crippen LogP) is 2.95. The minimum Gasteiger partial charge on any atom is -0.398 e. The lowest BCUT2D eigenvalue weighted by Crippen LogP contribution is -2.12. The summed E-state index contributed by atoms with van der Waals surface area (Å²) >= 11 is 5.28. The van der Waals surface area contributed by atoms with Crippen LogP contribution in [0.2, 0.25) is 5.02 Å². The zero-order chi connectivity index (χ0) is 14.0. The lowest BCUT2D eigenvalue weighted by Gasteiger charge is -2.07. The SMILES string of the molecule is Nc1ccc(S(=O)(=O)CCSC(F)(F)F)cc1Cl. The molecule has 102 valence electrons. The van der Waals surface area contributed by atoms with E-state index >= 15 is 0 Å². The Morgan fingerprint density at radius 3 is 2.44 bits per heavy atom. The zero-order valence-corrected chi connectivity index (χ0v) is 11.3. The minimum absolute atomic E-state index is 0.0551. The molecule has 0 saturated carbocycles. The second-order valence-electron chi connectivity index (χ2n) is 3.30. The number of rotatable bonds is 4. The van der Waals surface area contributed by atoms with Crippen molar-refractivity contribution in [3.63, 3.8) is 0 Å². The van der Waals surface area contributed by atoms with Gasteiger partial charge in [-0.1, -0.05) is 11.6 Å². The molecule has 0 bridgehead atoms. The van der Waals surface area contributed by atoms with Crippen LogP contribution in [-0.2, 0) is 9.84 Å². The van der Waals surface area contributed by atoms with E-state index in [4.69, 9.17) is 17.3 Å². The van der Waals surface area contributed by atoms with Crippen molar-refractivity contribution in [2.75, 3.05) is 17.2 Å². The van der Waals surface area contributed by atoms with Gasteiger partial charge in [0.05, 0.1) is 21.4 Å². The molecule has 0 aliphatic heterocycles. The van der Waals surface area contributed by atoms with Crippen LogP contribution in [0, 0.1) is 0 Å². The summed E-state index contributed by atoms with van der Waals surface area (Å²) in [6.45, 7) is 0. The molecule has 0 spiro atoms. The molecule has 0 aliphatic rings. The van der Waals surface area contributed by atoms with Gasteiger partial charge in [-0.3, -0.25) is 0 Å². The van der Waals surface area contributed by atoms with Gasteiger partial charge in [0, 0.05) is 5.75 Å². The second-order valence-corrected chi connectivity index (χ2v) is 6.97. The van der Waals surface area contributed by atoms with Crippen LogP contribution in [0.25, 0.3) is 0 Å². The Labute approximate surface area is 111 Å².